The second kappa shape index (κ2) is 38.9. The lowest BCUT2D eigenvalue weighted by Gasteiger charge is -2.50. The maximum absolute atomic E-state index is 13.9. The molecule has 0 N–H and O–H groups in total. The quantitative estimate of drug-likeness (QED) is 0.0343. The first-order chi connectivity index (χ1) is 50.2. The van der Waals surface area contributed by atoms with Crippen LogP contribution in [0.1, 0.15) is 58.4 Å². The van der Waals surface area contributed by atoms with Crippen molar-refractivity contribution in [3.8, 4) is 0 Å². The van der Waals surface area contributed by atoms with E-state index in [-0.39, 0.29) is 72.7 Å². The molecule has 3 aliphatic heterocycles. The first-order valence-corrected chi connectivity index (χ1v) is 35.6. The van der Waals surface area contributed by atoms with Crippen LogP contribution in [0.25, 0.3) is 0 Å². The highest BCUT2D eigenvalue weighted by molar-refractivity contribution is 7.99. The minimum absolute atomic E-state index is 0.00217. The number of ether oxygens (including phenoxy) is 15. The van der Waals surface area contributed by atoms with Gasteiger partial charge in [-0.3, -0.25) is 9.59 Å². The molecule has 3 heterocycles. The summed E-state index contributed by atoms with van der Waals surface area (Å²) in [5.41, 5.74) is 6.29. The van der Waals surface area contributed by atoms with Crippen LogP contribution in [0.15, 0.2) is 278 Å². The molecule has 102 heavy (non-hydrogen) atoms. The third kappa shape index (κ3) is 21.7. The van der Waals surface area contributed by atoms with E-state index in [4.69, 9.17) is 71.1 Å². The zero-order chi connectivity index (χ0) is 69.9. The lowest BCUT2D eigenvalue weighted by Crippen LogP contribution is -2.66. The Morgan fingerprint density at radius 2 is 0.559 bits per heavy atom. The average molecular weight is 1400 g/mol. The number of thioether (sulfide) groups is 1. The predicted molar refractivity (Wildman–Crippen MR) is 383 cm³/mol. The Bertz CT molecular complexity index is 3840. The third-order valence-corrected chi connectivity index (χ3v) is 18.7. The second-order valence-electron chi connectivity index (χ2n) is 25.2. The number of esters is 2. The SMILES string of the molecule is CC(=O)OC1[C@@H](O[C@@H]2C(OCc3ccccc3)[C@@H](Sc3ccccc3)OC(CO[C@H]3OC(COCc4ccccc4)[C@@H](OCc4ccccc4)[C@H](OCc4ccccc4)C3OC(C)=O)[C@H]2OCc2ccccc2)OC(COCc2ccccc2)[C@@H](OCc2ccccc2)[C@@H]1OCc1ccccc1. The summed E-state index contributed by atoms with van der Waals surface area (Å²) in [6, 6.07) is 88.3. The van der Waals surface area contributed by atoms with Gasteiger partial charge < -0.3 is 71.1 Å². The van der Waals surface area contributed by atoms with Crippen molar-refractivity contribution < 1.29 is 80.6 Å². The molecule has 0 radical (unpaired) electrons. The summed E-state index contributed by atoms with van der Waals surface area (Å²) in [7, 11) is 0. The lowest BCUT2D eigenvalue weighted by molar-refractivity contribution is -0.358. The van der Waals surface area contributed by atoms with Crippen LogP contribution in [-0.2, 0) is 133 Å². The summed E-state index contributed by atoms with van der Waals surface area (Å²) >= 11 is 1.43. The summed E-state index contributed by atoms with van der Waals surface area (Å²) in [5, 5.41) is 0. The number of carbonyl (C=O) groups excluding carboxylic acids is 2. The largest absolute Gasteiger partial charge is 0.454 e. The molecule has 0 amide bonds. The highest BCUT2D eigenvalue weighted by Crippen LogP contribution is 2.42. The molecule has 3 saturated heterocycles. The molecule has 0 bridgehead atoms. The molecule has 9 aromatic carbocycles. The molecule has 0 spiro atoms. The Labute approximate surface area is 601 Å². The first kappa shape index (κ1) is 73.5. The Balaban J connectivity index is 0.951. The topological polar surface area (TPSA) is 173 Å². The Kier molecular flexibility index (Phi) is 28.0. The molecular weight excluding hydrogens is 1310 g/mol. The minimum Gasteiger partial charge on any atom is -0.454 e. The lowest BCUT2D eigenvalue weighted by atomic mass is 9.96. The van der Waals surface area contributed by atoms with Crippen molar-refractivity contribution in [3.63, 3.8) is 0 Å². The number of benzene rings is 9. The second-order valence-corrected chi connectivity index (χ2v) is 26.4. The Morgan fingerprint density at radius 3 is 0.902 bits per heavy atom. The molecule has 0 saturated carbocycles. The fraction of sp³-hybridized carbons (Fsp3) is 0.333. The van der Waals surface area contributed by atoms with E-state index in [1.54, 1.807) is 0 Å². The van der Waals surface area contributed by atoms with Crippen LogP contribution in [0.3, 0.4) is 0 Å². The van der Waals surface area contributed by atoms with E-state index in [2.05, 4.69) is 0 Å². The van der Waals surface area contributed by atoms with Crippen LogP contribution >= 0.6 is 11.8 Å². The van der Waals surface area contributed by atoms with Crippen molar-refractivity contribution in [2.45, 2.75) is 163 Å². The van der Waals surface area contributed by atoms with Crippen LogP contribution in [0.4, 0.5) is 0 Å². The summed E-state index contributed by atoms with van der Waals surface area (Å²) in [5.74, 6) is -1.22. The zero-order valence-electron chi connectivity index (χ0n) is 57.3. The van der Waals surface area contributed by atoms with Crippen molar-refractivity contribution in [2.75, 3.05) is 19.8 Å². The molecule has 532 valence electrons. The highest BCUT2D eigenvalue weighted by Gasteiger charge is 2.57. The van der Waals surface area contributed by atoms with Crippen LogP contribution in [-0.4, -0.2) is 123 Å². The summed E-state index contributed by atoms with van der Waals surface area (Å²) < 4.78 is 105. The van der Waals surface area contributed by atoms with Gasteiger partial charge in [0.05, 0.1) is 72.7 Å². The summed E-state index contributed by atoms with van der Waals surface area (Å²) in [4.78, 5) is 28.5. The van der Waals surface area contributed by atoms with E-state index >= 15 is 0 Å². The van der Waals surface area contributed by atoms with Gasteiger partial charge in [-0.1, -0.05) is 273 Å². The molecule has 12 rings (SSSR count). The molecule has 0 aromatic heterocycles. The molecular formula is C84H88O17S. The van der Waals surface area contributed by atoms with Crippen LogP contribution in [0.5, 0.6) is 0 Å². The van der Waals surface area contributed by atoms with Gasteiger partial charge in [0.25, 0.3) is 0 Å². The fourth-order valence-corrected chi connectivity index (χ4v) is 13.8. The van der Waals surface area contributed by atoms with E-state index in [0.29, 0.717) is 0 Å². The molecule has 17 nitrogen and oxygen atoms in total. The van der Waals surface area contributed by atoms with Crippen LogP contribution < -0.4 is 0 Å². The van der Waals surface area contributed by atoms with Crippen molar-refractivity contribution in [3.05, 3.63) is 317 Å². The maximum atomic E-state index is 13.9. The van der Waals surface area contributed by atoms with E-state index in [9.17, 15) is 9.59 Å². The smallest absolute Gasteiger partial charge is 0.303 e. The predicted octanol–water partition coefficient (Wildman–Crippen LogP) is 14.2. The Morgan fingerprint density at radius 1 is 0.284 bits per heavy atom. The van der Waals surface area contributed by atoms with Crippen molar-refractivity contribution in [2.24, 2.45) is 0 Å². The van der Waals surface area contributed by atoms with Crippen LogP contribution in [0.2, 0.25) is 0 Å². The number of hydrogen-bond acceptors (Lipinski definition) is 18. The van der Waals surface area contributed by atoms with Gasteiger partial charge in [-0.15, -0.1) is 0 Å². The molecule has 15 atom stereocenters. The van der Waals surface area contributed by atoms with Gasteiger partial charge >= 0.3 is 11.9 Å². The number of rotatable bonds is 35. The van der Waals surface area contributed by atoms with Crippen molar-refractivity contribution in [1.82, 2.24) is 0 Å². The third-order valence-electron chi connectivity index (χ3n) is 17.6. The van der Waals surface area contributed by atoms with E-state index in [1.165, 1.54) is 25.6 Å². The number of carbonyl (C=O) groups is 2. The zero-order valence-corrected chi connectivity index (χ0v) is 58.1. The fourth-order valence-electron chi connectivity index (χ4n) is 12.6. The molecule has 18 heteroatoms. The van der Waals surface area contributed by atoms with Crippen molar-refractivity contribution >= 4 is 23.7 Å². The van der Waals surface area contributed by atoms with Crippen molar-refractivity contribution in [1.29, 1.82) is 0 Å². The van der Waals surface area contributed by atoms with Gasteiger partial charge in [0.2, 0.25) is 0 Å². The van der Waals surface area contributed by atoms with Gasteiger partial charge in [-0.05, 0) is 56.6 Å². The first-order valence-electron chi connectivity index (χ1n) is 34.7. The molecule has 9 aromatic rings. The molecule has 3 fully saturated rings. The standard InChI is InChI=1S/C84H88O17S/c1-59(85)96-79-76(92-53-66-40-22-8-23-41-66)73(89-50-63-34-16-5-17-35-63)70(56-87-48-61-30-12-3-13-31-61)98-82(79)95-58-72-75(91-52-65-38-20-7-21-39-65)78(81(94-55-68-44-26-10-27-45-68)84(100-72)102-69-46-28-11-29-47-69)101-83-80(97-60(2)86)77(93-54-67-42-24-9-25-43-67)74(90-51-64-36-18-6-19-37-64)71(99-83)57-88-49-62-32-14-4-15-33-62/h3-47,70-84H,48-58H2,1-2H3/t70?,71?,72?,73-,74-,75-,76+,77+,78+,79?,80?,81?,82+,83-,84-/m1/s1. The van der Waals surface area contributed by atoms with Gasteiger partial charge in [0, 0.05) is 18.7 Å². The maximum Gasteiger partial charge on any atom is 0.303 e. The van der Waals surface area contributed by atoms with E-state index < -0.39 is 103 Å². The molecule has 0 aliphatic carbocycles. The Hall–Kier alpha value is -8.25. The van der Waals surface area contributed by atoms with Crippen LogP contribution in [0, 0.1) is 0 Å². The van der Waals surface area contributed by atoms with Gasteiger partial charge in [0.1, 0.15) is 66.5 Å². The number of hydrogen-bond donors (Lipinski definition) is 0. The molecule has 6 unspecified atom stereocenters. The summed E-state index contributed by atoms with van der Waals surface area (Å²) in [6.07, 6.45) is -15.1. The molecule has 3 aliphatic rings. The monoisotopic (exact) mass is 1400 g/mol. The summed E-state index contributed by atoms with van der Waals surface area (Å²) in [6.45, 7) is 3.70. The minimum atomic E-state index is -1.42. The average Bonchev–Trinajstić information content (AvgIpc) is 0.770. The highest BCUT2D eigenvalue weighted by atomic mass is 32.2. The normalized spacial score (nSPS) is 24.9. The van der Waals surface area contributed by atoms with E-state index in [1.807, 2.05) is 273 Å². The van der Waals surface area contributed by atoms with Gasteiger partial charge in [-0.25, -0.2) is 0 Å². The van der Waals surface area contributed by atoms with E-state index in [0.717, 1.165) is 49.4 Å². The van der Waals surface area contributed by atoms with Gasteiger partial charge in [0.15, 0.2) is 24.8 Å². The van der Waals surface area contributed by atoms with Gasteiger partial charge in [-0.2, -0.15) is 0 Å².